The Bertz CT molecular complexity index is 890. The quantitative estimate of drug-likeness (QED) is 0.783. The number of rotatable bonds is 5. The maximum absolute atomic E-state index is 12.7. The lowest BCUT2D eigenvalue weighted by Gasteiger charge is -2.22. The Labute approximate surface area is 164 Å². The van der Waals surface area contributed by atoms with Crippen molar-refractivity contribution in [2.75, 3.05) is 5.32 Å². The molecule has 140 valence electrons. The smallest absolute Gasteiger partial charge is 0.239 e. The van der Waals surface area contributed by atoms with E-state index in [0.29, 0.717) is 28.7 Å². The van der Waals surface area contributed by atoms with Crippen molar-refractivity contribution in [3.05, 3.63) is 46.8 Å². The fourth-order valence-electron chi connectivity index (χ4n) is 3.27. The average Bonchev–Trinajstić information content (AvgIpc) is 2.65. The van der Waals surface area contributed by atoms with Crippen LogP contribution in [0, 0.1) is 24.2 Å². The van der Waals surface area contributed by atoms with Gasteiger partial charge in [0, 0.05) is 11.9 Å². The Hall–Kier alpha value is -2.39. The average molecular weight is 381 g/mol. The van der Waals surface area contributed by atoms with Crippen LogP contribution in [0.2, 0.25) is 0 Å². The van der Waals surface area contributed by atoms with Gasteiger partial charge in [-0.15, -0.1) is 0 Å². The zero-order valence-electron chi connectivity index (χ0n) is 16.0. The fraction of sp³-hybridized carbons (Fsp3) is 0.429. The summed E-state index contributed by atoms with van der Waals surface area (Å²) in [5, 5.41) is 12.8. The minimum absolute atomic E-state index is 0.113. The normalized spacial score (nSPS) is 16.9. The lowest BCUT2D eigenvalue weighted by Crippen LogP contribution is -2.25. The van der Waals surface area contributed by atoms with E-state index in [1.54, 1.807) is 6.20 Å². The van der Waals surface area contributed by atoms with Crippen molar-refractivity contribution < 1.29 is 4.79 Å². The van der Waals surface area contributed by atoms with E-state index in [9.17, 15) is 10.1 Å². The molecule has 2 aromatic rings. The lowest BCUT2D eigenvalue weighted by atomic mass is 9.87. The molecule has 0 aromatic carbocycles. The van der Waals surface area contributed by atoms with Crippen molar-refractivity contribution in [3.8, 4) is 6.07 Å². The highest BCUT2D eigenvalue weighted by atomic mass is 32.2. The molecule has 2 unspecified atom stereocenters. The van der Waals surface area contributed by atoms with Gasteiger partial charge in [0.15, 0.2) is 0 Å². The van der Waals surface area contributed by atoms with Gasteiger partial charge in [0.1, 0.15) is 16.9 Å². The Kier molecular flexibility index (Phi) is 6.12. The van der Waals surface area contributed by atoms with E-state index < -0.39 is 0 Å². The van der Waals surface area contributed by atoms with Gasteiger partial charge in [-0.05, 0) is 67.9 Å². The maximum atomic E-state index is 12.7. The van der Waals surface area contributed by atoms with E-state index in [4.69, 9.17) is 4.98 Å². The van der Waals surface area contributed by atoms with Crippen molar-refractivity contribution in [2.24, 2.45) is 5.92 Å². The third-order valence-electron chi connectivity index (χ3n) is 4.80. The molecule has 1 aliphatic rings. The molecule has 0 fully saturated rings. The molecule has 2 atom stereocenters. The highest BCUT2D eigenvalue weighted by Crippen LogP contribution is 2.32. The largest absolute Gasteiger partial charge is 0.310 e. The predicted molar refractivity (Wildman–Crippen MR) is 108 cm³/mol. The highest BCUT2D eigenvalue weighted by Gasteiger charge is 2.24. The van der Waals surface area contributed by atoms with E-state index >= 15 is 0 Å². The third kappa shape index (κ3) is 4.67. The molecular formula is C21H24N4OS. The number of anilines is 1. The van der Waals surface area contributed by atoms with Gasteiger partial charge in [0.25, 0.3) is 0 Å². The summed E-state index contributed by atoms with van der Waals surface area (Å²) in [7, 11) is 0. The Morgan fingerprint density at radius 1 is 1.48 bits per heavy atom. The van der Waals surface area contributed by atoms with Gasteiger partial charge in [-0.25, -0.2) is 9.97 Å². The van der Waals surface area contributed by atoms with Gasteiger partial charge in [-0.1, -0.05) is 25.6 Å². The van der Waals surface area contributed by atoms with E-state index in [2.05, 4.69) is 23.3 Å². The number of aromatic nitrogens is 2. The van der Waals surface area contributed by atoms with Crippen molar-refractivity contribution in [2.45, 2.75) is 56.7 Å². The Balaban J connectivity index is 1.79. The molecule has 2 heterocycles. The fourth-order valence-corrected chi connectivity index (χ4v) is 4.26. The minimum atomic E-state index is -0.326. The molecule has 2 aromatic heterocycles. The molecule has 27 heavy (non-hydrogen) atoms. The van der Waals surface area contributed by atoms with Crippen molar-refractivity contribution in [1.29, 1.82) is 5.26 Å². The summed E-state index contributed by atoms with van der Waals surface area (Å²) < 4.78 is 0. The van der Waals surface area contributed by atoms with Crippen LogP contribution in [0.15, 0.2) is 29.4 Å². The summed E-state index contributed by atoms with van der Waals surface area (Å²) in [5.74, 6) is 1.06. The second-order valence-electron chi connectivity index (χ2n) is 7.13. The van der Waals surface area contributed by atoms with Gasteiger partial charge in [-0.2, -0.15) is 5.26 Å². The number of thioether (sulfide) groups is 1. The van der Waals surface area contributed by atoms with Gasteiger partial charge >= 0.3 is 0 Å². The van der Waals surface area contributed by atoms with Crippen LogP contribution in [0.4, 0.5) is 5.82 Å². The van der Waals surface area contributed by atoms with Gasteiger partial charge in [-0.3, -0.25) is 4.79 Å². The van der Waals surface area contributed by atoms with Crippen LogP contribution in [-0.4, -0.2) is 21.1 Å². The first-order valence-corrected chi connectivity index (χ1v) is 10.2. The summed E-state index contributed by atoms with van der Waals surface area (Å²) in [6.07, 6.45) is 5.35. The molecule has 0 saturated heterocycles. The summed E-state index contributed by atoms with van der Waals surface area (Å²) in [4.78, 5) is 21.7. The second-order valence-corrected chi connectivity index (χ2v) is 8.32. The molecule has 1 N–H and O–H groups in total. The Morgan fingerprint density at radius 3 is 3.00 bits per heavy atom. The van der Waals surface area contributed by atoms with E-state index in [0.717, 1.165) is 30.5 Å². The minimum Gasteiger partial charge on any atom is -0.310 e. The van der Waals surface area contributed by atoms with Gasteiger partial charge in [0.05, 0.1) is 10.8 Å². The molecule has 0 aliphatic heterocycles. The number of hydrogen-bond donors (Lipinski definition) is 1. The molecule has 1 aliphatic carbocycles. The molecule has 0 saturated carbocycles. The van der Waals surface area contributed by atoms with Crippen molar-refractivity contribution in [3.63, 3.8) is 0 Å². The standard InChI is InChI=1S/C21H24N4OS/c1-4-18(20(26)25-19-10-14(3)7-8-23-19)27-21-16(12-22)11-15-9-13(2)5-6-17(15)24-21/h7-8,10-11,13,18H,4-6,9H2,1-3H3,(H,23,25,26). The molecule has 0 spiro atoms. The maximum Gasteiger partial charge on any atom is 0.239 e. The molecule has 0 radical (unpaired) electrons. The van der Waals surface area contributed by atoms with Crippen LogP contribution in [0.25, 0.3) is 0 Å². The number of pyridine rings is 2. The number of nitrogens with zero attached hydrogens (tertiary/aromatic N) is 3. The molecule has 5 nitrogen and oxygen atoms in total. The number of carbonyl (C=O) groups excluding carboxylic acids is 1. The highest BCUT2D eigenvalue weighted by molar-refractivity contribution is 8.00. The molecular weight excluding hydrogens is 356 g/mol. The van der Waals surface area contributed by atoms with Crippen molar-refractivity contribution in [1.82, 2.24) is 9.97 Å². The molecule has 0 bridgehead atoms. The molecule has 1 amide bonds. The van der Waals surface area contributed by atoms with Gasteiger partial charge < -0.3 is 5.32 Å². The molecule has 3 rings (SSSR count). The number of fused-ring (bicyclic) bond motifs is 1. The number of hydrogen-bond acceptors (Lipinski definition) is 5. The number of amides is 1. The summed E-state index contributed by atoms with van der Waals surface area (Å²) in [6, 6.07) is 7.95. The van der Waals surface area contributed by atoms with E-state index in [-0.39, 0.29) is 11.2 Å². The predicted octanol–water partition coefficient (Wildman–Crippen LogP) is 4.29. The zero-order chi connectivity index (χ0) is 19.4. The van der Waals surface area contributed by atoms with Crippen molar-refractivity contribution >= 4 is 23.5 Å². The monoisotopic (exact) mass is 380 g/mol. The number of nitriles is 1. The van der Waals surface area contributed by atoms with Crippen LogP contribution in [0.5, 0.6) is 0 Å². The van der Waals surface area contributed by atoms with Crippen LogP contribution in [0.1, 0.15) is 49.1 Å². The summed E-state index contributed by atoms with van der Waals surface area (Å²) >= 11 is 1.37. The number of nitrogens with one attached hydrogen (secondary N) is 1. The third-order valence-corrected chi connectivity index (χ3v) is 6.17. The second kappa shape index (κ2) is 8.53. The topological polar surface area (TPSA) is 78.7 Å². The van der Waals surface area contributed by atoms with Crippen LogP contribution >= 0.6 is 11.8 Å². The first kappa shape index (κ1) is 19.4. The van der Waals surface area contributed by atoms with Crippen LogP contribution < -0.4 is 5.32 Å². The summed E-state index contributed by atoms with van der Waals surface area (Å²) in [5.41, 5.74) is 3.85. The number of carbonyl (C=O) groups is 1. The van der Waals surface area contributed by atoms with Gasteiger partial charge in [0.2, 0.25) is 5.91 Å². The first-order valence-electron chi connectivity index (χ1n) is 9.33. The van der Waals surface area contributed by atoms with E-state index in [1.165, 1.54) is 17.3 Å². The summed E-state index contributed by atoms with van der Waals surface area (Å²) in [6.45, 7) is 6.15. The van der Waals surface area contributed by atoms with Crippen LogP contribution in [0.3, 0.4) is 0 Å². The zero-order valence-corrected chi connectivity index (χ0v) is 16.8. The SMILES string of the molecule is CCC(Sc1nc2c(cc1C#N)CC(C)CC2)C(=O)Nc1cc(C)ccn1. The van der Waals surface area contributed by atoms with Crippen LogP contribution in [-0.2, 0) is 17.6 Å². The van der Waals surface area contributed by atoms with E-state index in [1.807, 2.05) is 32.0 Å². The Morgan fingerprint density at radius 2 is 2.30 bits per heavy atom. The lowest BCUT2D eigenvalue weighted by molar-refractivity contribution is -0.115. The first-order chi connectivity index (χ1) is 13.0. The number of aryl methyl sites for hydroxylation is 2. The molecule has 6 heteroatoms.